The lowest BCUT2D eigenvalue weighted by atomic mass is 9.69. The van der Waals surface area contributed by atoms with Gasteiger partial charge in [0.05, 0.1) is 54.4 Å². The van der Waals surface area contributed by atoms with Crippen LogP contribution in [0.1, 0.15) is 57.7 Å². The fraction of sp³-hybridized carbons (Fsp3) is 0.413. The van der Waals surface area contributed by atoms with Crippen LogP contribution in [0.5, 0.6) is 5.75 Å². The van der Waals surface area contributed by atoms with Gasteiger partial charge in [0.25, 0.3) is 17.7 Å². The van der Waals surface area contributed by atoms with Gasteiger partial charge < -0.3 is 29.9 Å². The smallest absolute Gasteiger partial charge is 0.328 e. The van der Waals surface area contributed by atoms with Gasteiger partial charge in [0, 0.05) is 89.4 Å². The molecule has 5 aromatic rings. The van der Waals surface area contributed by atoms with Gasteiger partial charge in [-0.25, -0.2) is 31.9 Å². The van der Waals surface area contributed by atoms with E-state index in [0.29, 0.717) is 41.2 Å². The van der Waals surface area contributed by atoms with Crippen LogP contribution in [0.15, 0.2) is 54.9 Å². The number of ether oxygens (including phenoxy) is 2. The Labute approximate surface area is 381 Å². The summed E-state index contributed by atoms with van der Waals surface area (Å²) in [7, 11) is 4.64. The average molecular weight is 926 g/mol. The van der Waals surface area contributed by atoms with E-state index in [1.165, 1.54) is 23.9 Å². The molecule has 5 amide bonds. The van der Waals surface area contributed by atoms with Crippen molar-refractivity contribution in [3.8, 4) is 17.0 Å². The number of aromatic nitrogens is 4. The first-order valence-corrected chi connectivity index (χ1v) is 22.0. The Morgan fingerprint density at radius 1 is 0.925 bits per heavy atom. The number of piperidine rings is 1. The summed E-state index contributed by atoms with van der Waals surface area (Å²) in [5.74, 6) is -6.18. The Balaban J connectivity index is 0.808. The fourth-order valence-electron chi connectivity index (χ4n) is 10.0. The van der Waals surface area contributed by atoms with Crippen LogP contribution >= 0.6 is 0 Å². The van der Waals surface area contributed by atoms with Crippen molar-refractivity contribution in [2.75, 3.05) is 75.7 Å². The molecule has 4 fully saturated rings. The molecule has 1 saturated carbocycles. The maximum Gasteiger partial charge on any atom is 0.328 e. The largest absolute Gasteiger partial charge is 0.494 e. The number of nitrogens with one attached hydrogen (secondary N) is 3. The van der Waals surface area contributed by atoms with Crippen molar-refractivity contribution in [1.82, 2.24) is 40.0 Å². The van der Waals surface area contributed by atoms with Gasteiger partial charge in [0.2, 0.25) is 5.91 Å². The Hall–Kier alpha value is -6.87. The maximum absolute atomic E-state index is 16.1. The zero-order valence-electron chi connectivity index (χ0n) is 36.9. The zero-order chi connectivity index (χ0) is 46.9. The molecule has 1 spiro atoms. The number of methoxy groups -OCH3 is 2. The molecule has 0 radical (unpaired) electrons. The molecule has 350 valence electrons. The van der Waals surface area contributed by atoms with Gasteiger partial charge in [-0.15, -0.1) is 5.10 Å². The number of benzene rings is 2. The molecule has 2 aromatic carbocycles. The number of fused-ring (bicyclic) bond motifs is 2. The summed E-state index contributed by atoms with van der Waals surface area (Å²) < 4.78 is 75.7. The van der Waals surface area contributed by atoms with E-state index < -0.39 is 52.9 Å². The predicted molar refractivity (Wildman–Crippen MR) is 236 cm³/mol. The van der Waals surface area contributed by atoms with Gasteiger partial charge in [-0.1, -0.05) is 12.1 Å². The molecule has 0 unspecified atom stereocenters. The summed E-state index contributed by atoms with van der Waals surface area (Å²) in [6.45, 7) is -0.375. The number of imidazole rings is 1. The number of urea groups is 1. The monoisotopic (exact) mass is 925 g/mol. The number of rotatable bonds is 11. The second-order valence-corrected chi connectivity index (χ2v) is 17.7. The second-order valence-electron chi connectivity index (χ2n) is 17.7. The van der Waals surface area contributed by atoms with Crippen LogP contribution in [0.2, 0.25) is 0 Å². The topological polar surface area (TPSA) is 179 Å². The van der Waals surface area contributed by atoms with Crippen molar-refractivity contribution in [3.05, 3.63) is 88.9 Å². The molecule has 10 rings (SSSR count). The van der Waals surface area contributed by atoms with Gasteiger partial charge in [-0.2, -0.15) is 0 Å². The van der Waals surface area contributed by atoms with E-state index in [1.807, 2.05) is 29.2 Å². The molecule has 5 aliphatic rings. The first kappa shape index (κ1) is 44.0. The third kappa shape index (κ3) is 7.53. The molecule has 21 heteroatoms. The van der Waals surface area contributed by atoms with E-state index in [2.05, 4.69) is 25.9 Å². The third-order valence-corrected chi connectivity index (χ3v) is 13.9. The predicted octanol–water partition coefficient (Wildman–Crippen LogP) is 5.15. The lowest BCUT2D eigenvalue weighted by Gasteiger charge is -2.57. The highest BCUT2D eigenvalue weighted by Gasteiger charge is 2.63. The lowest BCUT2D eigenvalue weighted by molar-refractivity contribution is -0.220. The van der Waals surface area contributed by atoms with Gasteiger partial charge >= 0.3 is 6.03 Å². The average Bonchev–Trinajstić information content (AvgIpc) is 3.93. The van der Waals surface area contributed by atoms with Crippen LogP contribution in [0.3, 0.4) is 0 Å². The molecule has 17 nitrogen and oxygen atoms in total. The van der Waals surface area contributed by atoms with Crippen LogP contribution in [0.4, 0.5) is 45.2 Å². The van der Waals surface area contributed by atoms with Crippen molar-refractivity contribution >= 4 is 52.3 Å². The molecule has 3 N–H and O–H groups in total. The van der Waals surface area contributed by atoms with E-state index in [4.69, 9.17) is 14.6 Å². The summed E-state index contributed by atoms with van der Waals surface area (Å²) in [6.07, 6.45) is 5.16. The standard InChI is InChI=1S/C46H47F4N11O6/c1-51-32-18-38(56-61-35(20-53-41(32)61)42(63)54-31-7-8-36(31)66-2)59-12-9-26-27(5-4-6-33(26)59)40-30(48)15-25(19-52-40)21-57-22-45(23-57)11-14-58(24-46(45,49)50)43(64)28-16-34(37(67-3)17-29(28)47)60-13-10-39(62)55-44(60)65/h4-6,15-20,31,36,51H,7-14,21-24H2,1-3H3,(H,54,63)(H,55,62,65)/t31-,36-/m1/s1. The summed E-state index contributed by atoms with van der Waals surface area (Å²) in [4.78, 5) is 66.1. The fourth-order valence-corrected chi connectivity index (χ4v) is 10.0. The summed E-state index contributed by atoms with van der Waals surface area (Å²) in [5, 5.41) is 13.2. The molecule has 3 aromatic heterocycles. The molecule has 2 atom stereocenters. The number of nitrogens with zero attached hydrogens (tertiary/aromatic N) is 8. The molecule has 1 aliphatic carbocycles. The zero-order valence-corrected chi connectivity index (χ0v) is 36.9. The number of likely N-dealkylation sites (tertiary alicyclic amines) is 2. The highest BCUT2D eigenvalue weighted by atomic mass is 19.3. The minimum Gasteiger partial charge on any atom is -0.494 e. The number of amides is 5. The highest BCUT2D eigenvalue weighted by molar-refractivity contribution is 6.07. The van der Waals surface area contributed by atoms with Crippen molar-refractivity contribution in [2.24, 2.45) is 5.41 Å². The van der Waals surface area contributed by atoms with Crippen molar-refractivity contribution < 1.29 is 46.2 Å². The van der Waals surface area contributed by atoms with Gasteiger partial charge in [0.1, 0.15) is 23.1 Å². The SMILES string of the molecule is CNc1cc(N2CCc3c(-c4ncc(CN5CC6(CCN(C(=O)c7cc(N8CCC(=O)NC8=O)c(OC)cc7F)CC6(F)F)C5)cc4F)cccc32)nn2c(C(=O)N[C@@H]3CC[C@H]3OC)cnc12. The normalized spacial score (nSPS) is 20.9. The number of hydrogen-bond donors (Lipinski definition) is 3. The van der Waals surface area contributed by atoms with E-state index in [0.717, 1.165) is 46.0 Å². The van der Waals surface area contributed by atoms with Gasteiger partial charge in [-0.3, -0.25) is 34.5 Å². The minimum atomic E-state index is -3.33. The Bertz CT molecular complexity index is 2850. The second kappa shape index (κ2) is 16.8. The summed E-state index contributed by atoms with van der Waals surface area (Å²) in [5.41, 5.74) is 2.44. The third-order valence-electron chi connectivity index (χ3n) is 13.9. The van der Waals surface area contributed by atoms with E-state index >= 15 is 17.6 Å². The molecular formula is C46H47F4N11O6. The van der Waals surface area contributed by atoms with Crippen LogP contribution in [0, 0.1) is 17.0 Å². The van der Waals surface area contributed by atoms with Gasteiger partial charge in [-0.05, 0) is 55.0 Å². The van der Waals surface area contributed by atoms with Crippen LogP contribution in [0.25, 0.3) is 16.9 Å². The Kier molecular flexibility index (Phi) is 11.0. The lowest BCUT2D eigenvalue weighted by Crippen LogP contribution is -2.70. The number of carbonyl (C=O) groups excluding carboxylic acids is 4. The molecule has 4 aliphatic heterocycles. The number of alkyl halides is 2. The Morgan fingerprint density at radius 2 is 1.73 bits per heavy atom. The van der Waals surface area contributed by atoms with Gasteiger partial charge in [0.15, 0.2) is 17.2 Å². The highest BCUT2D eigenvalue weighted by Crippen LogP contribution is 2.51. The first-order chi connectivity index (χ1) is 32.2. The molecule has 0 bridgehead atoms. The van der Waals surface area contributed by atoms with Crippen LogP contribution in [-0.2, 0) is 22.5 Å². The Morgan fingerprint density at radius 3 is 2.43 bits per heavy atom. The number of anilines is 4. The van der Waals surface area contributed by atoms with Crippen LogP contribution in [-0.4, -0.2) is 132 Å². The summed E-state index contributed by atoms with van der Waals surface area (Å²) >= 11 is 0. The number of carbonyl (C=O) groups is 4. The molecule has 7 heterocycles. The minimum absolute atomic E-state index is 0.00754. The van der Waals surface area contributed by atoms with Crippen molar-refractivity contribution in [3.63, 3.8) is 0 Å². The van der Waals surface area contributed by atoms with Crippen molar-refractivity contribution in [1.29, 1.82) is 0 Å². The van der Waals surface area contributed by atoms with E-state index in [-0.39, 0.29) is 86.4 Å². The van der Waals surface area contributed by atoms with Crippen LogP contribution < -0.4 is 30.5 Å². The molecule has 3 saturated heterocycles. The maximum atomic E-state index is 16.1. The molecular weight excluding hydrogens is 879 g/mol. The first-order valence-electron chi connectivity index (χ1n) is 22.0. The number of hydrogen-bond acceptors (Lipinski definition) is 12. The number of pyridine rings is 1. The van der Waals surface area contributed by atoms with E-state index in [9.17, 15) is 19.2 Å². The number of imide groups is 1. The van der Waals surface area contributed by atoms with E-state index in [1.54, 1.807) is 25.3 Å². The quantitative estimate of drug-likeness (QED) is 0.149. The molecule has 67 heavy (non-hydrogen) atoms. The summed E-state index contributed by atoms with van der Waals surface area (Å²) in [6, 6.07) is 9.92. The number of halogens is 4. The van der Waals surface area contributed by atoms with Crippen molar-refractivity contribution in [2.45, 2.75) is 56.7 Å².